The second kappa shape index (κ2) is 5.99. The smallest absolute Gasteiger partial charge is 0.417 e. The van der Waals surface area contributed by atoms with Gasteiger partial charge in [-0.3, -0.25) is 4.98 Å². The highest BCUT2D eigenvalue weighted by atomic mass is 19.4. The number of carboxylic acid groups (broad SMARTS) is 1. The van der Waals surface area contributed by atoms with Crippen molar-refractivity contribution in [3.8, 4) is 0 Å². The molecule has 0 saturated carbocycles. The van der Waals surface area contributed by atoms with Gasteiger partial charge in [0.25, 0.3) is 0 Å². The Hall–Kier alpha value is -2.83. The van der Waals surface area contributed by atoms with Crippen molar-refractivity contribution in [2.75, 3.05) is 0 Å². The van der Waals surface area contributed by atoms with Crippen LogP contribution in [-0.4, -0.2) is 16.1 Å². The summed E-state index contributed by atoms with van der Waals surface area (Å²) in [5.41, 5.74) is 1.12. The third-order valence-electron chi connectivity index (χ3n) is 3.62. The molecule has 0 radical (unpaired) electrons. The Morgan fingerprint density at radius 3 is 2.54 bits per heavy atom. The van der Waals surface area contributed by atoms with E-state index in [4.69, 9.17) is 9.52 Å². The lowest BCUT2D eigenvalue weighted by molar-refractivity contribution is -0.137. The molecule has 0 unspecified atom stereocenters. The Morgan fingerprint density at radius 2 is 1.92 bits per heavy atom. The predicted octanol–water partition coefficient (Wildman–Crippen LogP) is 4.33. The third-order valence-corrected chi connectivity index (χ3v) is 3.62. The molecule has 0 aliphatic rings. The van der Waals surface area contributed by atoms with Gasteiger partial charge in [-0.15, -0.1) is 0 Å². The summed E-state index contributed by atoms with van der Waals surface area (Å²) >= 11 is 0. The molecule has 0 bridgehead atoms. The number of carbonyl (C=O) groups is 1. The quantitative estimate of drug-likeness (QED) is 0.771. The molecule has 4 nitrogen and oxygen atoms in total. The topological polar surface area (TPSA) is 63.3 Å². The number of aryl methyl sites for hydroxylation is 2. The average molecular weight is 335 g/mol. The molecule has 0 fully saturated rings. The van der Waals surface area contributed by atoms with Crippen molar-refractivity contribution in [2.45, 2.75) is 19.0 Å². The molecule has 3 aromatic rings. The van der Waals surface area contributed by atoms with Gasteiger partial charge in [0.15, 0.2) is 0 Å². The lowest BCUT2D eigenvalue weighted by Gasteiger charge is -2.07. The summed E-state index contributed by atoms with van der Waals surface area (Å²) in [4.78, 5) is 14.7. The first-order chi connectivity index (χ1) is 11.3. The number of aromatic nitrogens is 1. The molecule has 3 rings (SSSR count). The Bertz CT molecular complexity index is 882. The molecule has 7 heteroatoms. The fourth-order valence-electron chi connectivity index (χ4n) is 2.35. The van der Waals surface area contributed by atoms with Crippen molar-refractivity contribution >= 4 is 16.9 Å². The molecule has 24 heavy (non-hydrogen) atoms. The summed E-state index contributed by atoms with van der Waals surface area (Å²) in [6.07, 6.45) is -2.55. The van der Waals surface area contributed by atoms with Gasteiger partial charge in [-0.2, -0.15) is 13.2 Å². The van der Waals surface area contributed by atoms with Crippen LogP contribution in [0.1, 0.15) is 27.4 Å². The van der Waals surface area contributed by atoms with Crippen LogP contribution in [0, 0.1) is 0 Å². The van der Waals surface area contributed by atoms with E-state index in [9.17, 15) is 18.0 Å². The van der Waals surface area contributed by atoms with Gasteiger partial charge in [-0.25, -0.2) is 4.79 Å². The molecule has 0 atom stereocenters. The maximum atomic E-state index is 12.5. The zero-order chi connectivity index (χ0) is 17.3. The van der Waals surface area contributed by atoms with Crippen molar-refractivity contribution in [3.05, 3.63) is 65.2 Å². The first-order valence-electron chi connectivity index (χ1n) is 7.11. The van der Waals surface area contributed by atoms with Gasteiger partial charge >= 0.3 is 12.1 Å². The van der Waals surface area contributed by atoms with Crippen LogP contribution in [0.3, 0.4) is 0 Å². The summed E-state index contributed by atoms with van der Waals surface area (Å²) < 4.78 is 42.7. The van der Waals surface area contributed by atoms with Gasteiger partial charge in [0.1, 0.15) is 5.58 Å². The highest BCUT2D eigenvalue weighted by molar-refractivity contribution is 5.91. The fourth-order valence-corrected chi connectivity index (χ4v) is 2.35. The molecule has 2 heterocycles. The summed E-state index contributed by atoms with van der Waals surface area (Å²) in [6, 6.07) is 9.12. The van der Waals surface area contributed by atoms with Gasteiger partial charge in [0, 0.05) is 17.3 Å². The standard InChI is InChI=1S/C17H12F3NO3/c18-17(19,20)12-4-6-13(21-9-12)5-2-10-1-3-11-8-15(16(22)23)24-14(11)7-10/h1,3-4,6-9H,2,5H2,(H,22,23). The zero-order valence-corrected chi connectivity index (χ0v) is 12.3. The monoisotopic (exact) mass is 335 g/mol. The molecule has 0 saturated heterocycles. The van der Waals surface area contributed by atoms with Gasteiger partial charge in [-0.05, 0) is 42.7 Å². The maximum absolute atomic E-state index is 12.5. The molecule has 0 aliphatic carbocycles. The molecule has 2 aromatic heterocycles. The number of hydrogen-bond acceptors (Lipinski definition) is 3. The van der Waals surface area contributed by atoms with Crippen LogP contribution in [0.2, 0.25) is 0 Å². The van der Waals surface area contributed by atoms with Crippen molar-refractivity contribution in [1.82, 2.24) is 4.98 Å². The number of fused-ring (bicyclic) bond motifs is 1. The number of pyridine rings is 1. The summed E-state index contributed by atoms with van der Waals surface area (Å²) in [5, 5.41) is 9.59. The van der Waals surface area contributed by atoms with Gasteiger partial charge < -0.3 is 9.52 Å². The molecular weight excluding hydrogens is 323 g/mol. The van der Waals surface area contributed by atoms with E-state index in [0.29, 0.717) is 29.5 Å². The predicted molar refractivity (Wildman–Crippen MR) is 79.8 cm³/mol. The normalized spacial score (nSPS) is 11.8. The van der Waals surface area contributed by atoms with Crippen LogP contribution in [0.5, 0.6) is 0 Å². The van der Waals surface area contributed by atoms with Gasteiger partial charge in [0.2, 0.25) is 5.76 Å². The van der Waals surface area contributed by atoms with E-state index in [1.807, 2.05) is 6.07 Å². The second-order valence-electron chi connectivity index (χ2n) is 5.32. The van der Waals surface area contributed by atoms with E-state index < -0.39 is 17.7 Å². The molecule has 0 spiro atoms. The van der Waals surface area contributed by atoms with Crippen molar-refractivity contribution < 1.29 is 27.5 Å². The largest absolute Gasteiger partial charge is 0.475 e. The average Bonchev–Trinajstić information content (AvgIpc) is 2.96. The van der Waals surface area contributed by atoms with Crippen LogP contribution < -0.4 is 0 Å². The van der Waals surface area contributed by atoms with E-state index in [1.165, 1.54) is 12.1 Å². The second-order valence-corrected chi connectivity index (χ2v) is 5.32. The van der Waals surface area contributed by atoms with E-state index in [0.717, 1.165) is 17.8 Å². The first kappa shape index (κ1) is 16.0. The number of halogens is 3. The van der Waals surface area contributed by atoms with E-state index in [2.05, 4.69) is 4.98 Å². The number of furan rings is 1. The minimum Gasteiger partial charge on any atom is -0.475 e. The van der Waals surface area contributed by atoms with Crippen LogP contribution in [-0.2, 0) is 19.0 Å². The molecule has 0 aliphatic heterocycles. The summed E-state index contributed by atoms with van der Waals surface area (Å²) in [5.74, 6) is -1.27. The van der Waals surface area contributed by atoms with Crippen molar-refractivity contribution in [3.63, 3.8) is 0 Å². The van der Waals surface area contributed by atoms with Crippen LogP contribution in [0.25, 0.3) is 11.0 Å². The lowest BCUT2D eigenvalue weighted by Crippen LogP contribution is -2.06. The van der Waals surface area contributed by atoms with E-state index >= 15 is 0 Å². The minimum atomic E-state index is -4.39. The fraction of sp³-hybridized carbons (Fsp3) is 0.176. The maximum Gasteiger partial charge on any atom is 0.417 e. The molecule has 1 N–H and O–H groups in total. The van der Waals surface area contributed by atoms with Crippen LogP contribution in [0.4, 0.5) is 13.2 Å². The summed E-state index contributed by atoms with van der Waals surface area (Å²) in [7, 11) is 0. The number of aromatic carboxylic acids is 1. The molecule has 0 amide bonds. The zero-order valence-electron chi connectivity index (χ0n) is 12.3. The third kappa shape index (κ3) is 3.40. The number of hydrogen-bond donors (Lipinski definition) is 1. The van der Waals surface area contributed by atoms with Gasteiger partial charge in [-0.1, -0.05) is 12.1 Å². The minimum absolute atomic E-state index is 0.133. The highest BCUT2D eigenvalue weighted by Crippen LogP contribution is 2.28. The Kier molecular flexibility index (Phi) is 4.01. The molecule has 1 aromatic carbocycles. The number of alkyl halides is 3. The van der Waals surface area contributed by atoms with Crippen molar-refractivity contribution in [1.29, 1.82) is 0 Å². The number of carboxylic acids is 1. The van der Waals surface area contributed by atoms with E-state index in [-0.39, 0.29) is 5.76 Å². The Morgan fingerprint density at radius 1 is 1.12 bits per heavy atom. The highest BCUT2D eigenvalue weighted by Gasteiger charge is 2.30. The SMILES string of the molecule is O=C(O)c1cc2ccc(CCc3ccc(C(F)(F)F)cn3)cc2o1. The number of nitrogens with zero attached hydrogens (tertiary/aromatic N) is 1. The van der Waals surface area contributed by atoms with Crippen LogP contribution in [0.15, 0.2) is 47.0 Å². The van der Waals surface area contributed by atoms with Gasteiger partial charge in [0.05, 0.1) is 5.56 Å². The van der Waals surface area contributed by atoms with E-state index in [1.54, 1.807) is 12.1 Å². The number of rotatable bonds is 4. The Labute approximate surface area is 134 Å². The lowest BCUT2D eigenvalue weighted by atomic mass is 10.1. The Balaban J connectivity index is 1.72. The van der Waals surface area contributed by atoms with Crippen LogP contribution >= 0.6 is 0 Å². The summed E-state index contributed by atoms with van der Waals surface area (Å²) in [6.45, 7) is 0. The number of benzene rings is 1. The molecule has 124 valence electrons. The van der Waals surface area contributed by atoms with Crippen molar-refractivity contribution in [2.24, 2.45) is 0 Å². The molecular formula is C17H12F3NO3. The first-order valence-corrected chi connectivity index (χ1v) is 7.11.